The Morgan fingerprint density at radius 3 is 1.80 bits per heavy atom. The molecule has 0 aliphatic heterocycles. The van der Waals surface area contributed by atoms with Crippen LogP contribution in [0.3, 0.4) is 0 Å². The molecule has 0 spiro atoms. The van der Waals surface area contributed by atoms with Gasteiger partial charge in [-0.15, -0.1) is 0 Å². The Labute approximate surface area is 87.9 Å². The molecule has 0 saturated heterocycles. The molecule has 2 N–H and O–H groups in total. The molecule has 0 aliphatic carbocycles. The van der Waals surface area contributed by atoms with E-state index in [4.69, 9.17) is 10.2 Å². The van der Waals surface area contributed by atoms with Crippen LogP contribution in [0.25, 0.3) is 0 Å². The number of carbonyl (C=O) groups is 3. The van der Waals surface area contributed by atoms with Gasteiger partial charge in [-0.2, -0.15) is 0 Å². The molecule has 0 aromatic heterocycles. The van der Waals surface area contributed by atoms with E-state index in [1.54, 1.807) is 0 Å². The van der Waals surface area contributed by atoms with Crippen LogP contribution in [0.4, 0.5) is 0 Å². The van der Waals surface area contributed by atoms with Gasteiger partial charge in [-0.25, -0.2) is 4.79 Å². The summed E-state index contributed by atoms with van der Waals surface area (Å²) in [5.74, 6) is -2.42. The minimum absolute atomic E-state index is 0.292. The first-order valence-corrected chi connectivity index (χ1v) is 4.43. The van der Waals surface area contributed by atoms with Crippen molar-refractivity contribution in [3.8, 4) is 0 Å². The lowest BCUT2D eigenvalue weighted by Gasteiger charge is -2.04. The van der Waals surface area contributed by atoms with Crippen molar-refractivity contribution >= 4 is 17.9 Å². The van der Waals surface area contributed by atoms with Crippen LogP contribution in [0, 0.1) is 0 Å². The number of ether oxygens (including phenoxy) is 1. The maximum absolute atomic E-state index is 10.1. The van der Waals surface area contributed by atoms with Crippen LogP contribution in [0.5, 0.6) is 0 Å². The van der Waals surface area contributed by atoms with Crippen molar-refractivity contribution in [3.05, 3.63) is 0 Å². The molecule has 0 saturated carbocycles. The van der Waals surface area contributed by atoms with Crippen LogP contribution in [-0.2, 0) is 19.1 Å². The maximum atomic E-state index is 10.1. The van der Waals surface area contributed by atoms with Gasteiger partial charge in [0.2, 0.25) is 0 Å². The van der Waals surface area contributed by atoms with Crippen molar-refractivity contribution in [2.75, 3.05) is 0 Å². The average Bonchev–Trinajstić information content (AvgIpc) is 2.03. The van der Waals surface area contributed by atoms with E-state index in [1.165, 1.54) is 13.8 Å². The van der Waals surface area contributed by atoms with Crippen LogP contribution in [0.2, 0.25) is 0 Å². The van der Waals surface area contributed by atoms with Crippen LogP contribution in [-0.4, -0.2) is 34.2 Å². The van der Waals surface area contributed by atoms with Gasteiger partial charge in [0.1, 0.15) is 0 Å². The molecule has 0 amide bonds. The molecule has 0 aliphatic rings. The number of rotatable bonds is 4. The summed E-state index contributed by atoms with van der Waals surface area (Å²) in [5, 5.41) is 16.1. The molecule has 88 valence electrons. The number of carbonyl (C=O) groups excluding carboxylic acids is 1. The second-order valence-electron chi connectivity index (χ2n) is 2.73. The third kappa shape index (κ3) is 15.2. The molecule has 0 aromatic carbocycles. The third-order valence-electron chi connectivity index (χ3n) is 1.15. The average molecular weight is 220 g/mol. The van der Waals surface area contributed by atoms with Gasteiger partial charge in [0, 0.05) is 13.3 Å². The molecule has 0 fully saturated rings. The zero-order valence-electron chi connectivity index (χ0n) is 9.02. The molecule has 1 atom stereocenters. The van der Waals surface area contributed by atoms with Crippen molar-refractivity contribution in [2.24, 2.45) is 0 Å². The first-order chi connectivity index (χ1) is 6.81. The summed E-state index contributed by atoms with van der Waals surface area (Å²) >= 11 is 0. The summed E-state index contributed by atoms with van der Waals surface area (Å²) in [4.78, 5) is 29.6. The Morgan fingerprint density at radius 2 is 1.73 bits per heavy atom. The van der Waals surface area contributed by atoms with E-state index in [-0.39, 0.29) is 0 Å². The standard InChI is InChI=1S/C5H8O4.C4H8O2/c1-3(5(7)8)9-4(2)6;1-2-3-4(5)6/h3H,1-2H3,(H,7,8);2-3H2,1H3,(H,5,6). The van der Waals surface area contributed by atoms with Gasteiger partial charge in [-0.05, 0) is 13.3 Å². The van der Waals surface area contributed by atoms with Gasteiger partial charge in [0.05, 0.1) is 0 Å². The topological polar surface area (TPSA) is 101 Å². The predicted octanol–water partition coefficient (Wildman–Crippen LogP) is 0.894. The Hall–Kier alpha value is -1.59. The number of carboxylic acids is 2. The monoisotopic (exact) mass is 220 g/mol. The van der Waals surface area contributed by atoms with Gasteiger partial charge < -0.3 is 14.9 Å². The molecular weight excluding hydrogens is 204 g/mol. The van der Waals surface area contributed by atoms with Crippen molar-refractivity contribution in [1.82, 2.24) is 0 Å². The summed E-state index contributed by atoms with van der Waals surface area (Å²) in [6, 6.07) is 0. The quantitative estimate of drug-likeness (QED) is 0.682. The van der Waals surface area contributed by atoms with E-state index in [9.17, 15) is 14.4 Å². The first-order valence-electron chi connectivity index (χ1n) is 4.43. The Morgan fingerprint density at radius 1 is 1.27 bits per heavy atom. The Balaban J connectivity index is 0. The molecule has 15 heavy (non-hydrogen) atoms. The SMILES string of the molecule is CC(=O)OC(C)C(=O)O.CCCC(=O)O. The van der Waals surface area contributed by atoms with Crippen LogP contribution < -0.4 is 0 Å². The van der Waals surface area contributed by atoms with Gasteiger partial charge in [-0.1, -0.05) is 6.92 Å². The fourth-order valence-corrected chi connectivity index (χ4v) is 0.513. The Bertz CT molecular complexity index is 223. The lowest BCUT2D eigenvalue weighted by atomic mass is 10.4. The first kappa shape index (κ1) is 15.9. The highest BCUT2D eigenvalue weighted by atomic mass is 16.6. The highest BCUT2D eigenvalue weighted by Gasteiger charge is 2.12. The van der Waals surface area contributed by atoms with E-state index in [1.807, 2.05) is 6.92 Å². The minimum Gasteiger partial charge on any atom is -0.481 e. The molecule has 6 nitrogen and oxygen atoms in total. The van der Waals surface area contributed by atoms with E-state index >= 15 is 0 Å². The highest BCUT2D eigenvalue weighted by Crippen LogP contribution is 1.89. The second-order valence-corrected chi connectivity index (χ2v) is 2.73. The van der Waals surface area contributed by atoms with E-state index < -0.39 is 24.0 Å². The largest absolute Gasteiger partial charge is 0.481 e. The molecule has 0 radical (unpaired) electrons. The zero-order chi connectivity index (χ0) is 12.4. The van der Waals surface area contributed by atoms with Crippen LogP contribution >= 0.6 is 0 Å². The number of hydrogen-bond donors (Lipinski definition) is 2. The lowest BCUT2D eigenvalue weighted by Crippen LogP contribution is -2.21. The number of hydrogen-bond acceptors (Lipinski definition) is 4. The van der Waals surface area contributed by atoms with Crippen molar-refractivity contribution in [1.29, 1.82) is 0 Å². The lowest BCUT2D eigenvalue weighted by molar-refractivity contribution is -0.161. The fourth-order valence-electron chi connectivity index (χ4n) is 0.513. The van der Waals surface area contributed by atoms with E-state index in [0.717, 1.165) is 6.42 Å². The number of carboxylic acid groups (broad SMARTS) is 2. The van der Waals surface area contributed by atoms with Crippen molar-refractivity contribution < 1.29 is 29.3 Å². The summed E-state index contributed by atoms with van der Waals surface area (Å²) < 4.78 is 4.27. The number of esters is 1. The van der Waals surface area contributed by atoms with Gasteiger partial charge in [0.25, 0.3) is 0 Å². The molecule has 0 bridgehead atoms. The maximum Gasteiger partial charge on any atom is 0.344 e. The zero-order valence-corrected chi connectivity index (χ0v) is 9.02. The van der Waals surface area contributed by atoms with Crippen LogP contribution in [0.15, 0.2) is 0 Å². The molecule has 6 heteroatoms. The molecular formula is C9H16O6. The minimum atomic E-state index is -1.13. The Kier molecular flexibility index (Phi) is 9.50. The summed E-state index contributed by atoms with van der Waals surface area (Å²) in [5.41, 5.74) is 0. The van der Waals surface area contributed by atoms with Crippen molar-refractivity contribution in [3.63, 3.8) is 0 Å². The highest BCUT2D eigenvalue weighted by molar-refractivity contribution is 5.76. The predicted molar refractivity (Wildman–Crippen MR) is 51.4 cm³/mol. The van der Waals surface area contributed by atoms with E-state index in [0.29, 0.717) is 6.42 Å². The number of aliphatic carboxylic acids is 2. The smallest absolute Gasteiger partial charge is 0.344 e. The third-order valence-corrected chi connectivity index (χ3v) is 1.15. The molecule has 0 aromatic rings. The fraction of sp³-hybridized carbons (Fsp3) is 0.667. The van der Waals surface area contributed by atoms with Crippen LogP contribution in [0.1, 0.15) is 33.6 Å². The van der Waals surface area contributed by atoms with Crippen molar-refractivity contribution in [2.45, 2.75) is 39.7 Å². The summed E-state index contributed by atoms with van der Waals surface area (Å²) in [6.07, 6.45) is -0.0162. The summed E-state index contributed by atoms with van der Waals surface area (Å²) in [6.45, 7) is 4.30. The molecule has 0 heterocycles. The van der Waals surface area contributed by atoms with E-state index in [2.05, 4.69) is 4.74 Å². The molecule has 0 rings (SSSR count). The summed E-state index contributed by atoms with van der Waals surface area (Å²) in [7, 11) is 0. The van der Waals surface area contributed by atoms with Gasteiger partial charge in [-0.3, -0.25) is 9.59 Å². The second kappa shape index (κ2) is 8.98. The van der Waals surface area contributed by atoms with Gasteiger partial charge in [0.15, 0.2) is 6.10 Å². The normalized spacial score (nSPS) is 10.6. The molecule has 1 unspecified atom stereocenters. The van der Waals surface area contributed by atoms with Gasteiger partial charge >= 0.3 is 17.9 Å².